The molecule has 1 unspecified atom stereocenters. The van der Waals surface area contributed by atoms with Gasteiger partial charge in [-0.1, -0.05) is 13.5 Å². The van der Waals surface area contributed by atoms with E-state index < -0.39 is 12.1 Å². The van der Waals surface area contributed by atoms with Crippen molar-refractivity contribution in [2.75, 3.05) is 7.11 Å². The molecule has 0 saturated heterocycles. The highest BCUT2D eigenvalue weighted by molar-refractivity contribution is 5.86. The minimum atomic E-state index is -1.18. The summed E-state index contributed by atoms with van der Waals surface area (Å²) < 4.78 is 4.27. The molecule has 0 fully saturated rings. The third-order valence-corrected chi connectivity index (χ3v) is 1.21. The van der Waals surface area contributed by atoms with Gasteiger partial charge in [0.1, 0.15) is 0 Å². The molecule has 1 atom stereocenters. The summed E-state index contributed by atoms with van der Waals surface area (Å²) in [7, 11) is 1.33. The van der Waals surface area contributed by atoms with E-state index in [-0.39, 0.29) is 12.4 Å². The number of aliphatic hydroxyl groups is 1. The van der Waals surface area contributed by atoms with Crippen LogP contribution in [-0.4, -0.2) is 35.4 Å². The fourth-order valence-electron chi connectivity index (χ4n) is 0.349. The fourth-order valence-corrected chi connectivity index (χ4v) is 0.349. The molecule has 5 heteroatoms. The Labute approximate surface area is 83.0 Å². The monoisotopic (exact) mass is 204 g/mol. The van der Waals surface area contributed by atoms with Crippen molar-refractivity contribution < 1.29 is 24.5 Å². The Morgan fingerprint density at radius 3 is 1.93 bits per heavy atom. The number of aliphatic carboxylic acids is 1. The van der Waals surface area contributed by atoms with E-state index in [1.54, 1.807) is 13.8 Å². The Bertz CT molecular complexity index is 209. The molecule has 0 heterocycles. The average Bonchev–Trinajstić information content (AvgIpc) is 2.15. The summed E-state index contributed by atoms with van der Waals surface area (Å²) in [5.41, 5.74) is 0.433. The maximum absolute atomic E-state index is 10.2. The number of hydrogen-bond acceptors (Lipinski definition) is 4. The van der Waals surface area contributed by atoms with Crippen molar-refractivity contribution in [3.05, 3.63) is 12.2 Å². The molecule has 14 heavy (non-hydrogen) atoms. The summed E-state index contributed by atoms with van der Waals surface area (Å²) >= 11 is 0. The summed E-state index contributed by atoms with van der Waals surface area (Å²) in [6.45, 7) is 6.56. The number of carbonyl (C=O) groups excluding carboxylic acids is 1. The number of carboxylic acid groups (broad SMARTS) is 1. The van der Waals surface area contributed by atoms with Gasteiger partial charge in [0.25, 0.3) is 0 Å². The summed E-state index contributed by atoms with van der Waals surface area (Å²) in [6.07, 6.45) is -0.907. The van der Waals surface area contributed by atoms with E-state index in [0.717, 1.165) is 0 Å². The van der Waals surface area contributed by atoms with E-state index in [0.29, 0.717) is 5.57 Å². The average molecular weight is 204 g/mol. The number of rotatable bonds is 3. The van der Waals surface area contributed by atoms with Gasteiger partial charge in [0.2, 0.25) is 0 Å². The predicted molar refractivity (Wildman–Crippen MR) is 50.8 cm³/mol. The van der Waals surface area contributed by atoms with Gasteiger partial charge < -0.3 is 14.9 Å². The van der Waals surface area contributed by atoms with Gasteiger partial charge >= 0.3 is 11.9 Å². The van der Waals surface area contributed by atoms with Gasteiger partial charge in [-0.3, -0.25) is 0 Å². The van der Waals surface area contributed by atoms with Crippen LogP contribution in [0.25, 0.3) is 0 Å². The van der Waals surface area contributed by atoms with Gasteiger partial charge in [0.15, 0.2) is 6.10 Å². The highest BCUT2D eigenvalue weighted by Crippen LogP contribution is 1.87. The summed E-state index contributed by atoms with van der Waals surface area (Å²) in [5.74, 6) is -1.50. The molecule has 0 spiro atoms. The van der Waals surface area contributed by atoms with Crippen LogP contribution in [0.1, 0.15) is 20.3 Å². The number of aliphatic hydroxyl groups excluding tert-OH is 1. The van der Waals surface area contributed by atoms with Crippen LogP contribution in [0.15, 0.2) is 12.2 Å². The molecular weight excluding hydrogens is 188 g/mol. The van der Waals surface area contributed by atoms with Crippen molar-refractivity contribution >= 4 is 11.9 Å². The normalized spacial score (nSPS) is 10.6. The minimum absolute atomic E-state index is 0.273. The highest BCUT2D eigenvalue weighted by atomic mass is 16.5. The van der Waals surface area contributed by atoms with E-state index in [1.165, 1.54) is 7.11 Å². The molecule has 0 aliphatic heterocycles. The van der Waals surface area contributed by atoms with Crippen LogP contribution in [-0.2, 0) is 14.3 Å². The van der Waals surface area contributed by atoms with Crippen molar-refractivity contribution in [3.8, 4) is 0 Å². The van der Waals surface area contributed by atoms with Crippen LogP contribution in [0.2, 0.25) is 0 Å². The van der Waals surface area contributed by atoms with Crippen molar-refractivity contribution in [3.63, 3.8) is 0 Å². The lowest BCUT2D eigenvalue weighted by Gasteiger charge is -1.95. The first-order valence-electron chi connectivity index (χ1n) is 4.01. The SMILES string of the molecule is C=C(C)C(=O)OC.CCC(O)C(=O)O. The van der Waals surface area contributed by atoms with E-state index in [1.807, 2.05) is 0 Å². The quantitative estimate of drug-likeness (QED) is 0.519. The molecule has 0 aliphatic rings. The first kappa shape index (κ1) is 15.1. The highest BCUT2D eigenvalue weighted by Gasteiger charge is 2.07. The molecular formula is C9H16O5. The third kappa shape index (κ3) is 8.73. The number of carbonyl (C=O) groups is 2. The maximum atomic E-state index is 10.2. The van der Waals surface area contributed by atoms with Crippen molar-refractivity contribution in [2.24, 2.45) is 0 Å². The molecule has 0 amide bonds. The number of ether oxygens (including phenoxy) is 1. The van der Waals surface area contributed by atoms with Crippen LogP contribution in [0.3, 0.4) is 0 Å². The lowest BCUT2D eigenvalue weighted by molar-refractivity contribution is -0.146. The van der Waals surface area contributed by atoms with Gasteiger partial charge in [-0.15, -0.1) is 0 Å². The number of hydrogen-bond donors (Lipinski definition) is 2. The third-order valence-electron chi connectivity index (χ3n) is 1.21. The van der Waals surface area contributed by atoms with E-state index in [9.17, 15) is 9.59 Å². The lowest BCUT2D eigenvalue weighted by atomic mass is 10.3. The molecule has 0 aliphatic carbocycles. The van der Waals surface area contributed by atoms with Gasteiger partial charge in [0.05, 0.1) is 7.11 Å². The van der Waals surface area contributed by atoms with Crippen LogP contribution < -0.4 is 0 Å². The molecule has 0 aromatic carbocycles. The zero-order valence-corrected chi connectivity index (χ0v) is 8.61. The van der Waals surface area contributed by atoms with Crippen molar-refractivity contribution in [1.29, 1.82) is 0 Å². The Hall–Kier alpha value is -1.36. The Morgan fingerprint density at radius 2 is 1.93 bits per heavy atom. The fraction of sp³-hybridized carbons (Fsp3) is 0.556. The largest absolute Gasteiger partial charge is 0.479 e. The molecule has 2 N–H and O–H groups in total. The standard InChI is InChI=1S/C5H8O2.C4H8O3/c1-4(2)5(6)7-3;1-2-3(5)4(6)7/h1H2,2-3H3;3,5H,2H2,1H3,(H,6,7). The summed E-state index contributed by atoms with van der Waals surface area (Å²) in [6, 6.07) is 0. The molecule has 82 valence electrons. The maximum Gasteiger partial charge on any atom is 0.332 e. The second kappa shape index (κ2) is 8.25. The zero-order valence-electron chi connectivity index (χ0n) is 8.61. The Morgan fingerprint density at radius 1 is 1.50 bits per heavy atom. The van der Waals surface area contributed by atoms with Crippen LogP contribution in [0, 0.1) is 0 Å². The minimum Gasteiger partial charge on any atom is -0.479 e. The van der Waals surface area contributed by atoms with Crippen LogP contribution >= 0.6 is 0 Å². The molecule has 0 bridgehead atoms. The van der Waals surface area contributed by atoms with Crippen LogP contribution in [0.4, 0.5) is 0 Å². The molecule has 0 aromatic rings. The second-order valence-electron chi connectivity index (χ2n) is 2.53. The molecule has 5 nitrogen and oxygen atoms in total. The number of carboxylic acids is 1. The molecule has 0 rings (SSSR count). The van der Waals surface area contributed by atoms with Gasteiger partial charge in [0, 0.05) is 5.57 Å². The first-order valence-corrected chi connectivity index (χ1v) is 4.01. The van der Waals surface area contributed by atoms with E-state index in [2.05, 4.69) is 11.3 Å². The summed E-state index contributed by atoms with van der Waals surface area (Å²) in [4.78, 5) is 19.9. The molecule has 0 aromatic heterocycles. The summed E-state index contributed by atoms with van der Waals surface area (Å²) in [5, 5.41) is 16.3. The van der Waals surface area contributed by atoms with Crippen LogP contribution in [0.5, 0.6) is 0 Å². The van der Waals surface area contributed by atoms with Gasteiger partial charge in [-0.2, -0.15) is 0 Å². The molecule has 0 saturated carbocycles. The van der Waals surface area contributed by atoms with E-state index in [4.69, 9.17) is 10.2 Å². The second-order valence-corrected chi connectivity index (χ2v) is 2.53. The Balaban J connectivity index is 0. The zero-order chi connectivity index (χ0) is 11.7. The van der Waals surface area contributed by atoms with Crippen molar-refractivity contribution in [1.82, 2.24) is 0 Å². The van der Waals surface area contributed by atoms with Crippen molar-refractivity contribution in [2.45, 2.75) is 26.4 Å². The first-order chi connectivity index (χ1) is 6.36. The number of methoxy groups -OCH3 is 1. The smallest absolute Gasteiger partial charge is 0.332 e. The lowest BCUT2D eigenvalue weighted by Crippen LogP contribution is -2.17. The predicted octanol–water partition coefficient (Wildman–Crippen LogP) is 0.577. The van der Waals surface area contributed by atoms with Gasteiger partial charge in [-0.25, -0.2) is 9.59 Å². The van der Waals surface area contributed by atoms with E-state index >= 15 is 0 Å². The van der Waals surface area contributed by atoms with Gasteiger partial charge in [-0.05, 0) is 13.3 Å². The topological polar surface area (TPSA) is 83.8 Å². The number of esters is 1. The molecule has 0 radical (unpaired) electrons. The Kier molecular flexibility index (Phi) is 8.91.